The standard InChI is InChI=1S/C25H18ClF6NO4S/c1-11-13(9-14-16(24(2,28)29)4-3-5-18(14)27)22-33(19(10-38-22)23(35)36)21(34)20(11)15-8-12(6-7-17(15)26)37-25(30,31)32/h3-8,19H,9-10H2,1-2H3,(H,35,36). The molecule has 1 N–H and O–H groups in total. The molecule has 0 bridgehead atoms. The van der Waals surface area contributed by atoms with Crippen LogP contribution < -0.4 is 10.3 Å². The lowest BCUT2D eigenvalue weighted by Gasteiger charge is -2.22. The second kappa shape index (κ2) is 9.88. The fourth-order valence-corrected chi connectivity index (χ4v) is 6.00. The Hall–Kier alpha value is -3.12. The highest BCUT2D eigenvalue weighted by Crippen LogP contribution is 2.43. The molecule has 202 valence electrons. The van der Waals surface area contributed by atoms with Gasteiger partial charge in [-0.2, -0.15) is 0 Å². The molecule has 0 spiro atoms. The van der Waals surface area contributed by atoms with E-state index in [2.05, 4.69) is 4.74 Å². The normalized spacial score (nSPS) is 15.4. The van der Waals surface area contributed by atoms with Crippen LogP contribution in [0.2, 0.25) is 5.02 Å². The molecule has 1 aliphatic rings. The number of aliphatic carboxylic acids is 1. The van der Waals surface area contributed by atoms with Gasteiger partial charge in [-0.25, -0.2) is 18.0 Å². The number of benzene rings is 2. The molecule has 1 aliphatic heterocycles. The van der Waals surface area contributed by atoms with Crippen molar-refractivity contribution in [1.82, 2.24) is 4.57 Å². The van der Waals surface area contributed by atoms with Gasteiger partial charge in [0.2, 0.25) is 0 Å². The fourth-order valence-electron chi connectivity index (χ4n) is 4.43. The molecule has 0 saturated heterocycles. The van der Waals surface area contributed by atoms with E-state index in [0.29, 0.717) is 6.92 Å². The molecule has 38 heavy (non-hydrogen) atoms. The van der Waals surface area contributed by atoms with Gasteiger partial charge in [0, 0.05) is 40.8 Å². The summed E-state index contributed by atoms with van der Waals surface area (Å²) in [6, 6.07) is 4.72. The largest absolute Gasteiger partial charge is 0.573 e. The third-order valence-electron chi connectivity index (χ3n) is 6.10. The van der Waals surface area contributed by atoms with E-state index < -0.39 is 53.4 Å². The molecule has 0 radical (unpaired) electrons. The van der Waals surface area contributed by atoms with Crippen LogP contribution in [0.25, 0.3) is 11.1 Å². The Morgan fingerprint density at radius 1 is 1.18 bits per heavy atom. The van der Waals surface area contributed by atoms with Crippen molar-refractivity contribution in [3.8, 4) is 16.9 Å². The zero-order valence-corrected chi connectivity index (χ0v) is 21.2. The van der Waals surface area contributed by atoms with Crippen molar-refractivity contribution in [2.24, 2.45) is 0 Å². The Morgan fingerprint density at radius 3 is 2.47 bits per heavy atom. The summed E-state index contributed by atoms with van der Waals surface area (Å²) in [5, 5.41) is 9.71. The Morgan fingerprint density at radius 2 is 1.87 bits per heavy atom. The first-order valence-electron chi connectivity index (χ1n) is 10.9. The molecule has 2 aromatic carbocycles. The minimum absolute atomic E-state index is 0.0838. The van der Waals surface area contributed by atoms with Crippen molar-refractivity contribution in [2.75, 3.05) is 5.75 Å². The molecule has 4 rings (SSSR count). The monoisotopic (exact) mass is 577 g/mol. The molecule has 5 nitrogen and oxygen atoms in total. The zero-order chi connectivity index (χ0) is 28.2. The van der Waals surface area contributed by atoms with E-state index in [1.165, 1.54) is 6.92 Å². The van der Waals surface area contributed by atoms with Crippen LogP contribution in [0.15, 0.2) is 46.2 Å². The van der Waals surface area contributed by atoms with Crippen molar-refractivity contribution in [3.05, 3.63) is 79.8 Å². The van der Waals surface area contributed by atoms with Crippen molar-refractivity contribution < 1.29 is 41.0 Å². The SMILES string of the molecule is Cc1c(Cc2c(F)cccc2C(C)(F)F)c2n(c(=O)c1-c1cc(OC(F)(F)F)ccc1Cl)C(C(=O)O)CS2. The average molecular weight is 578 g/mol. The first-order chi connectivity index (χ1) is 17.6. The number of carbonyl (C=O) groups is 1. The number of pyridine rings is 1. The van der Waals surface area contributed by atoms with Gasteiger partial charge in [-0.1, -0.05) is 23.7 Å². The van der Waals surface area contributed by atoms with Crippen LogP contribution in [-0.4, -0.2) is 27.8 Å². The summed E-state index contributed by atoms with van der Waals surface area (Å²) in [4.78, 5) is 25.5. The van der Waals surface area contributed by atoms with Crippen molar-refractivity contribution in [2.45, 2.75) is 43.6 Å². The highest BCUT2D eigenvalue weighted by atomic mass is 35.5. The van der Waals surface area contributed by atoms with Gasteiger partial charge in [-0.3, -0.25) is 9.36 Å². The number of thioether (sulfide) groups is 1. The predicted octanol–water partition coefficient (Wildman–Crippen LogP) is 6.95. The van der Waals surface area contributed by atoms with E-state index in [1.807, 2.05) is 0 Å². The molecule has 1 unspecified atom stereocenters. The van der Waals surface area contributed by atoms with Crippen LogP contribution in [0.5, 0.6) is 5.75 Å². The summed E-state index contributed by atoms with van der Waals surface area (Å²) in [7, 11) is 0. The van der Waals surface area contributed by atoms with E-state index in [9.17, 15) is 41.0 Å². The summed E-state index contributed by atoms with van der Waals surface area (Å²) in [6.07, 6.45) is -5.49. The summed E-state index contributed by atoms with van der Waals surface area (Å²) in [5.74, 6) is -6.49. The van der Waals surface area contributed by atoms with E-state index in [1.54, 1.807) is 0 Å². The van der Waals surface area contributed by atoms with Crippen LogP contribution in [0.1, 0.15) is 35.2 Å². The van der Waals surface area contributed by atoms with Gasteiger partial charge in [0.1, 0.15) is 17.6 Å². The highest BCUT2D eigenvalue weighted by molar-refractivity contribution is 7.99. The van der Waals surface area contributed by atoms with Gasteiger partial charge in [-0.05, 0) is 42.3 Å². The molecule has 1 atom stereocenters. The Kier molecular flexibility index (Phi) is 7.26. The highest BCUT2D eigenvalue weighted by Gasteiger charge is 2.37. The topological polar surface area (TPSA) is 68.5 Å². The number of rotatable bonds is 6. The molecular formula is C25H18ClF6NO4S. The maximum atomic E-state index is 14.9. The van der Waals surface area contributed by atoms with Crippen LogP contribution >= 0.6 is 23.4 Å². The number of aromatic nitrogens is 1. The number of ether oxygens (including phenoxy) is 1. The summed E-state index contributed by atoms with van der Waals surface area (Å²) in [6.45, 7) is 2.02. The third kappa shape index (κ3) is 5.24. The summed E-state index contributed by atoms with van der Waals surface area (Å²) in [5.41, 5.74) is -1.98. The average Bonchev–Trinajstić information content (AvgIpc) is 3.23. The molecule has 3 aromatic rings. The van der Waals surface area contributed by atoms with Crippen molar-refractivity contribution >= 4 is 29.3 Å². The molecule has 1 aromatic heterocycles. The number of carboxylic acids is 1. The quantitative estimate of drug-likeness (QED) is 0.321. The van der Waals surface area contributed by atoms with E-state index >= 15 is 0 Å². The second-order valence-corrected chi connectivity index (χ2v) is 10.1. The minimum Gasteiger partial charge on any atom is -0.480 e. The number of halogens is 7. The minimum atomic E-state index is -5.05. The van der Waals surface area contributed by atoms with Gasteiger partial charge in [-0.15, -0.1) is 24.9 Å². The van der Waals surface area contributed by atoms with Crippen molar-refractivity contribution in [3.63, 3.8) is 0 Å². The summed E-state index contributed by atoms with van der Waals surface area (Å²) < 4.78 is 87.0. The Labute approximate surface area is 221 Å². The fraction of sp³-hybridized carbons (Fsp3) is 0.280. The first-order valence-corrected chi connectivity index (χ1v) is 12.3. The van der Waals surface area contributed by atoms with Crippen LogP contribution in [0.4, 0.5) is 26.3 Å². The number of fused-ring (bicyclic) bond motifs is 1. The second-order valence-electron chi connectivity index (χ2n) is 8.64. The van der Waals surface area contributed by atoms with Crippen LogP contribution in [0, 0.1) is 12.7 Å². The number of hydrogen-bond donors (Lipinski definition) is 1. The molecule has 2 heterocycles. The van der Waals surface area contributed by atoms with Gasteiger partial charge in [0.05, 0.1) is 10.6 Å². The Bertz CT molecular complexity index is 1500. The number of carboxylic acid groups (broad SMARTS) is 1. The van der Waals surface area contributed by atoms with Crippen LogP contribution in [0.3, 0.4) is 0 Å². The summed E-state index contributed by atoms with van der Waals surface area (Å²) >= 11 is 7.24. The Balaban J connectivity index is 2.02. The molecule has 0 amide bonds. The van der Waals surface area contributed by atoms with E-state index in [0.717, 1.165) is 52.7 Å². The predicted molar refractivity (Wildman–Crippen MR) is 129 cm³/mol. The molecule has 0 saturated carbocycles. The third-order valence-corrected chi connectivity index (χ3v) is 7.63. The van der Waals surface area contributed by atoms with Gasteiger partial charge >= 0.3 is 12.3 Å². The maximum Gasteiger partial charge on any atom is 0.573 e. The lowest BCUT2D eigenvalue weighted by Crippen LogP contribution is -2.31. The number of hydrogen-bond acceptors (Lipinski definition) is 4. The maximum absolute atomic E-state index is 14.9. The molecule has 0 aliphatic carbocycles. The van der Waals surface area contributed by atoms with E-state index in [4.69, 9.17) is 11.6 Å². The molecule has 0 fully saturated rings. The van der Waals surface area contributed by atoms with Gasteiger partial charge < -0.3 is 9.84 Å². The first kappa shape index (κ1) is 27.9. The van der Waals surface area contributed by atoms with Crippen LogP contribution in [-0.2, 0) is 17.1 Å². The smallest absolute Gasteiger partial charge is 0.480 e. The molecule has 13 heteroatoms. The van der Waals surface area contributed by atoms with Crippen molar-refractivity contribution in [1.29, 1.82) is 0 Å². The van der Waals surface area contributed by atoms with Gasteiger partial charge in [0.25, 0.3) is 11.5 Å². The lowest BCUT2D eigenvalue weighted by molar-refractivity contribution is -0.274. The lowest BCUT2D eigenvalue weighted by atomic mass is 9.91. The number of nitrogens with zero attached hydrogens (tertiary/aromatic N) is 1. The molecular weight excluding hydrogens is 560 g/mol. The van der Waals surface area contributed by atoms with E-state index in [-0.39, 0.29) is 43.6 Å². The number of alkyl halides is 5. The zero-order valence-electron chi connectivity index (χ0n) is 19.6. The van der Waals surface area contributed by atoms with Gasteiger partial charge in [0.15, 0.2) is 0 Å².